The number of nitrogens with zero attached hydrogens (tertiary/aromatic N) is 1. The predicted octanol–water partition coefficient (Wildman–Crippen LogP) is 0.440. The quantitative estimate of drug-likeness (QED) is 0.563. The molecule has 0 aromatic heterocycles. The van der Waals surface area contributed by atoms with Crippen molar-refractivity contribution in [1.82, 2.24) is 0 Å². The Labute approximate surface area is 52.8 Å². The van der Waals surface area contributed by atoms with E-state index in [0.717, 1.165) is 0 Å². The number of ketones is 1. The van der Waals surface area contributed by atoms with E-state index in [2.05, 4.69) is 5.18 Å². The van der Waals surface area contributed by atoms with Crippen LogP contribution in [0.4, 0.5) is 0 Å². The summed E-state index contributed by atoms with van der Waals surface area (Å²) in [6.07, 6.45) is -0.861. The number of hydrogen-bond acceptors (Lipinski definition) is 4. The molecule has 0 aromatic carbocycles. The first-order valence-corrected chi connectivity index (χ1v) is 2.66. The largest absolute Gasteiger partial charge is 0.369 e. The molecule has 4 nitrogen and oxygen atoms in total. The van der Waals surface area contributed by atoms with Gasteiger partial charge in [0.1, 0.15) is 5.78 Å². The van der Waals surface area contributed by atoms with Crippen molar-refractivity contribution in [3.05, 3.63) is 4.91 Å². The van der Waals surface area contributed by atoms with Crippen molar-refractivity contribution in [3.8, 4) is 0 Å². The summed E-state index contributed by atoms with van der Waals surface area (Å²) in [5.74, 6) is -0.0438. The molecule has 0 spiro atoms. The maximum Gasteiger partial charge on any atom is 0.187 e. The fraction of sp³-hybridized carbons (Fsp3) is 0.800. The molecule has 0 bridgehead atoms. The van der Waals surface area contributed by atoms with E-state index in [4.69, 9.17) is 5.11 Å². The van der Waals surface area contributed by atoms with Crippen molar-refractivity contribution >= 4 is 5.78 Å². The molecule has 0 amide bonds. The van der Waals surface area contributed by atoms with Crippen LogP contribution in [0.5, 0.6) is 0 Å². The number of aliphatic hydroxyl groups is 1. The van der Waals surface area contributed by atoms with Crippen molar-refractivity contribution < 1.29 is 9.90 Å². The number of Topliss-reactive ketones (excluding diaryl/α,β-unsaturated/α-hetero) is 1. The van der Waals surface area contributed by atoms with Gasteiger partial charge in [-0.2, -0.15) is 0 Å². The summed E-state index contributed by atoms with van der Waals surface area (Å²) in [7, 11) is 0. The van der Waals surface area contributed by atoms with Crippen LogP contribution in [0.2, 0.25) is 0 Å². The molecule has 9 heavy (non-hydrogen) atoms. The van der Waals surface area contributed by atoms with Gasteiger partial charge in [0.2, 0.25) is 0 Å². The van der Waals surface area contributed by atoms with Crippen molar-refractivity contribution in [1.29, 1.82) is 0 Å². The lowest BCUT2D eigenvalue weighted by Crippen LogP contribution is -2.03. The highest BCUT2D eigenvalue weighted by molar-refractivity contribution is 5.75. The molecule has 0 aliphatic rings. The summed E-state index contributed by atoms with van der Waals surface area (Å²) >= 11 is 0. The van der Waals surface area contributed by atoms with Gasteiger partial charge in [-0.05, 0) is 12.1 Å². The van der Waals surface area contributed by atoms with Crippen LogP contribution in [-0.2, 0) is 4.79 Å². The Morgan fingerprint density at radius 1 is 1.78 bits per heavy atom. The average Bonchev–Trinajstić information content (AvgIpc) is 1.83. The summed E-state index contributed by atoms with van der Waals surface area (Å²) < 4.78 is 0. The molecule has 0 aliphatic carbocycles. The lowest BCUT2D eigenvalue weighted by molar-refractivity contribution is -0.117. The van der Waals surface area contributed by atoms with Gasteiger partial charge in [-0.15, -0.1) is 4.91 Å². The Kier molecular flexibility index (Phi) is 3.79. The maximum atomic E-state index is 10.2. The van der Waals surface area contributed by atoms with Gasteiger partial charge in [-0.3, -0.25) is 0 Å². The standard InChI is InChI=1S/C5H9NO3/c1-4(7)2-3-5(8)6-9/h5,8H,2-3H2,1H3. The summed E-state index contributed by atoms with van der Waals surface area (Å²) in [4.78, 5) is 19.7. The minimum absolute atomic E-state index is 0.0438. The van der Waals surface area contributed by atoms with Crippen molar-refractivity contribution in [2.24, 2.45) is 5.18 Å². The van der Waals surface area contributed by atoms with E-state index in [1.54, 1.807) is 0 Å². The van der Waals surface area contributed by atoms with Crippen molar-refractivity contribution in [3.63, 3.8) is 0 Å². The SMILES string of the molecule is CC(=O)CCC(O)N=O. The Morgan fingerprint density at radius 3 is 2.67 bits per heavy atom. The third kappa shape index (κ3) is 5.10. The van der Waals surface area contributed by atoms with Gasteiger partial charge < -0.3 is 9.90 Å². The number of hydrogen-bond donors (Lipinski definition) is 1. The molecule has 0 heterocycles. The number of rotatable bonds is 4. The second kappa shape index (κ2) is 4.14. The lowest BCUT2D eigenvalue weighted by Gasteiger charge is -1.95. The first-order valence-electron chi connectivity index (χ1n) is 2.66. The van der Waals surface area contributed by atoms with Crippen LogP contribution in [-0.4, -0.2) is 17.1 Å². The summed E-state index contributed by atoms with van der Waals surface area (Å²) in [6.45, 7) is 1.40. The van der Waals surface area contributed by atoms with E-state index in [0.29, 0.717) is 0 Å². The van der Waals surface area contributed by atoms with E-state index in [-0.39, 0.29) is 18.6 Å². The van der Waals surface area contributed by atoms with Crippen LogP contribution >= 0.6 is 0 Å². The van der Waals surface area contributed by atoms with Crippen molar-refractivity contribution in [2.45, 2.75) is 26.0 Å². The smallest absolute Gasteiger partial charge is 0.187 e. The van der Waals surface area contributed by atoms with Gasteiger partial charge in [0.15, 0.2) is 6.23 Å². The monoisotopic (exact) mass is 131 g/mol. The lowest BCUT2D eigenvalue weighted by atomic mass is 10.2. The summed E-state index contributed by atoms with van der Waals surface area (Å²) in [5.41, 5.74) is 0. The van der Waals surface area contributed by atoms with Crippen LogP contribution in [0, 0.1) is 4.91 Å². The summed E-state index contributed by atoms with van der Waals surface area (Å²) in [6, 6.07) is 0. The normalized spacial score (nSPS) is 12.7. The predicted molar refractivity (Wildman–Crippen MR) is 31.7 cm³/mol. The second-order valence-corrected chi connectivity index (χ2v) is 1.83. The topological polar surface area (TPSA) is 66.7 Å². The molecule has 4 heteroatoms. The molecule has 0 aromatic rings. The van der Waals surface area contributed by atoms with Crippen molar-refractivity contribution in [2.75, 3.05) is 0 Å². The maximum absolute atomic E-state index is 10.2. The first-order chi connectivity index (χ1) is 4.16. The molecule has 1 N–H and O–H groups in total. The number of carbonyl (C=O) groups is 1. The molecular weight excluding hydrogens is 122 g/mol. The van der Waals surface area contributed by atoms with Gasteiger partial charge in [0, 0.05) is 12.8 Å². The molecule has 0 aliphatic heterocycles. The molecule has 0 radical (unpaired) electrons. The molecule has 0 saturated carbocycles. The molecule has 0 rings (SSSR count). The first kappa shape index (κ1) is 8.23. The molecule has 52 valence electrons. The number of aliphatic hydroxyl groups excluding tert-OH is 1. The van der Waals surface area contributed by atoms with Crippen LogP contribution in [0.1, 0.15) is 19.8 Å². The van der Waals surface area contributed by atoms with Crippen LogP contribution < -0.4 is 0 Å². The van der Waals surface area contributed by atoms with Gasteiger partial charge in [-0.25, -0.2) is 0 Å². The van der Waals surface area contributed by atoms with Gasteiger partial charge in [0.05, 0.1) is 0 Å². The minimum atomic E-state index is -1.21. The van der Waals surface area contributed by atoms with E-state index >= 15 is 0 Å². The Bertz CT molecular complexity index is 113. The van der Waals surface area contributed by atoms with E-state index in [9.17, 15) is 9.70 Å². The zero-order valence-corrected chi connectivity index (χ0v) is 5.20. The van der Waals surface area contributed by atoms with Gasteiger partial charge in [-0.1, -0.05) is 0 Å². The molecule has 0 saturated heterocycles. The zero-order valence-electron chi connectivity index (χ0n) is 5.20. The fourth-order valence-corrected chi connectivity index (χ4v) is 0.385. The second-order valence-electron chi connectivity index (χ2n) is 1.83. The molecule has 0 fully saturated rings. The minimum Gasteiger partial charge on any atom is -0.369 e. The van der Waals surface area contributed by atoms with Crippen LogP contribution in [0.15, 0.2) is 5.18 Å². The van der Waals surface area contributed by atoms with E-state index in [1.807, 2.05) is 0 Å². The van der Waals surface area contributed by atoms with E-state index in [1.165, 1.54) is 6.92 Å². The third-order valence-electron chi connectivity index (χ3n) is 0.876. The summed E-state index contributed by atoms with van der Waals surface area (Å²) in [5, 5.41) is 10.8. The van der Waals surface area contributed by atoms with Crippen LogP contribution in [0.25, 0.3) is 0 Å². The van der Waals surface area contributed by atoms with Gasteiger partial charge in [0.25, 0.3) is 0 Å². The van der Waals surface area contributed by atoms with Crippen LogP contribution in [0.3, 0.4) is 0 Å². The Balaban J connectivity index is 3.26. The molecule has 1 unspecified atom stereocenters. The Morgan fingerprint density at radius 2 is 2.33 bits per heavy atom. The highest BCUT2D eigenvalue weighted by atomic mass is 16.3. The fourth-order valence-electron chi connectivity index (χ4n) is 0.385. The third-order valence-corrected chi connectivity index (χ3v) is 0.876. The highest BCUT2D eigenvalue weighted by Gasteiger charge is 2.02. The van der Waals surface area contributed by atoms with Gasteiger partial charge >= 0.3 is 0 Å². The molecular formula is C5H9NO3. The number of nitroso groups, excluding NO2 is 1. The average molecular weight is 131 g/mol. The Hall–Kier alpha value is -0.770. The van der Waals surface area contributed by atoms with E-state index < -0.39 is 6.23 Å². The zero-order chi connectivity index (χ0) is 7.28. The number of carbonyl (C=O) groups excluding carboxylic acids is 1. The molecule has 1 atom stereocenters. The highest BCUT2D eigenvalue weighted by Crippen LogP contribution is 1.97.